The van der Waals surface area contributed by atoms with Gasteiger partial charge in [-0.15, -0.1) is 0 Å². The summed E-state index contributed by atoms with van der Waals surface area (Å²) in [6.45, 7) is 21.7. The molecule has 1 aliphatic carbocycles. The molecule has 1 unspecified atom stereocenters. The van der Waals surface area contributed by atoms with Gasteiger partial charge in [0.25, 0.3) is 0 Å². The van der Waals surface area contributed by atoms with Gasteiger partial charge in [-0.25, -0.2) is 9.59 Å². The molecule has 5 amide bonds. The Labute approximate surface area is 474 Å². The van der Waals surface area contributed by atoms with E-state index in [9.17, 15) is 24.3 Å². The van der Waals surface area contributed by atoms with Crippen molar-refractivity contribution in [2.24, 2.45) is 11.7 Å². The van der Waals surface area contributed by atoms with E-state index in [0.29, 0.717) is 116 Å². The molecule has 444 valence electrons. The molecule has 0 spiro atoms. The minimum Gasteiger partial charge on any atom is -0.449 e. The largest absolute Gasteiger partial charge is 0.449 e. The highest BCUT2D eigenvalue weighted by molar-refractivity contribution is 6.81. The van der Waals surface area contributed by atoms with Crippen LogP contribution in [0.1, 0.15) is 81.4 Å². The summed E-state index contributed by atoms with van der Waals surface area (Å²) in [4.78, 5) is 53.0. The van der Waals surface area contributed by atoms with Crippen molar-refractivity contribution in [2.45, 2.75) is 89.3 Å². The summed E-state index contributed by atoms with van der Waals surface area (Å²) in [5.74, 6) is 4.51. The lowest BCUT2D eigenvalue weighted by molar-refractivity contribution is -0.128. The fraction of sp³-hybridized carbons (Fsp3) is 0.593. The number of nitrogens with one attached hydrogen (secondary N) is 4. The number of aliphatic hydroxyl groups is 1. The summed E-state index contributed by atoms with van der Waals surface area (Å²) in [5.41, 5.74) is 10.3. The van der Waals surface area contributed by atoms with Gasteiger partial charge < -0.3 is 79.5 Å². The van der Waals surface area contributed by atoms with Crippen LogP contribution in [0.25, 0.3) is 11.1 Å². The zero-order valence-electron chi connectivity index (χ0n) is 48.3. The summed E-state index contributed by atoms with van der Waals surface area (Å²) in [6, 6.07) is 18.3. The highest BCUT2D eigenvalue weighted by atomic mass is 28.3. The smallest absolute Gasteiger partial charge is 0.407 e. The predicted molar refractivity (Wildman–Crippen MR) is 308 cm³/mol. The third-order valence-electron chi connectivity index (χ3n) is 13.8. The molecule has 20 nitrogen and oxygen atoms in total. The Balaban J connectivity index is 1.25. The van der Waals surface area contributed by atoms with Gasteiger partial charge in [0.1, 0.15) is 25.3 Å². The molecule has 80 heavy (non-hydrogen) atoms. The molecular formula is C59H89N5O15Si. The van der Waals surface area contributed by atoms with E-state index in [-0.39, 0.29) is 56.1 Å². The van der Waals surface area contributed by atoms with Crippen LogP contribution in [0.15, 0.2) is 66.7 Å². The van der Waals surface area contributed by atoms with Gasteiger partial charge in [-0.3, -0.25) is 9.59 Å². The number of aliphatic hydroxyl groups excluding tert-OH is 1. The van der Waals surface area contributed by atoms with Crippen LogP contribution in [-0.2, 0) is 57.0 Å². The number of fused-ring (bicyclic) bond motifs is 3. The number of hydrogen-bond donors (Lipinski definition) is 6. The number of methoxy groups -OCH3 is 1. The predicted octanol–water partition coefficient (Wildman–Crippen LogP) is 6.33. The van der Waals surface area contributed by atoms with Gasteiger partial charge in [0, 0.05) is 30.8 Å². The van der Waals surface area contributed by atoms with Crippen LogP contribution in [0.5, 0.6) is 0 Å². The number of amides is 5. The third kappa shape index (κ3) is 23.5. The second-order valence-electron chi connectivity index (χ2n) is 21.0. The standard InChI is InChI=1S/C59H89N5O15Si/c1-43(2)53(64-58(69)79-42-51-49-18-11-9-16-47(49)48-17-10-12-19-50(48)51)55(66)63-52(20-13-23-61-57(60)68)54(65)62-45-21-22-46(56(67)80(7,8)59(3,4)5)44(41-45)15-14-24-71-27-28-73-31-32-75-35-36-77-39-40-78-38-37-76-34-33-74-30-29-72-26-25-70-6/h9-12,16-19,21-22,41,43,51-53,56,67H,13,20,23-40,42H2,1-8H3,(H,62,65)(H,63,66)(H,64,69)(H3,60,61,68)/t52-,53-,56?/m0/s1. The Bertz CT molecular complexity index is 2350. The number of hydrogen-bond acceptors (Lipinski definition) is 15. The Morgan fingerprint density at radius 3 is 1.64 bits per heavy atom. The van der Waals surface area contributed by atoms with E-state index in [4.69, 9.17) is 53.1 Å². The number of primary amides is 1. The van der Waals surface area contributed by atoms with Gasteiger partial charge in [-0.05, 0) is 63.7 Å². The topological polar surface area (TPSA) is 255 Å². The lowest BCUT2D eigenvalue weighted by atomic mass is 9.98. The van der Waals surface area contributed by atoms with Crippen LogP contribution in [-0.4, -0.2) is 182 Å². The molecule has 7 N–H and O–H groups in total. The lowest BCUT2D eigenvalue weighted by Gasteiger charge is -2.41. The number of ether oxygens (including phenoxy) is 10. The summed E-state index contributed by atoms with van der Waals surface area (Å²) in [7, 11) is -0.740. The second kappa shape index (κ2) is 36.8. The highest BCUT2D eigenvalue weighted by Crippen LogP contribution is 2.45. The Hall–Kier alpha value is -5.48. The molecule has 3 aromatic carbocycles. The maximum Gasteiger partial charge on any atom is 0.407 e. The average Bonchev–Trinajstić information content (AvgIpc) is 3.75. The van der Waals surface area contributed by atoms with Crippen molar-refractivity contribution in [1.29, 1.82) is 0 Å². The molecule has 1 aliphatic rings. The van der Waals surface area contributed by atoms with Gasteiger partial charge in [-0.1, -0.05) is 114 Å². The van der Waals surface area contributed by atoms with E-state index in [1.165, 1.54) is 0 Å². The molecule has 0 heterocycles. The molecule has 0 radical (unpaired) electrons. The van der Waals surface area contributed by atoms with E-state index >= 15 is 0 Å². The van der Waals surface area contributed by atoms with Crippen molar-refractivity contribution in [3.63, 3.8) is 0 Å². The van der Waals surface area contributed by atoms with Crippen LogP contribution in [0.3, 0.4) is 0 Å². The zero-order chi connectivity index (χ0) is 58.2. The zero-order valence-corrected chi connectivity index (χ0v) is 49.3. The number of carbonyl (C=O) groups excluding carboxylic acids is 4. The molecule has 4 rings (SSSR count). The number of nitrogens with two attached hydrogens (primary N) is 1. The molecule has 0 bridgehead atoms. The Morgan fingerprint density at radius 1 is 0.675 bits per heavy atom. The van der Waals surface area contributed by atoms with E-state index in [1.54, 1.807) is 39.2 Å². The lowest BCUT2D eigenvalue weighted by Crippen LogP contribution is -2.54. The Morgan fingerprint density at radius 2 is 1.16 bits per heavy atom. The number of carbonyl (C=O) groups is 4. The van der Waals surface area contributed by atoms with E-state index in [0.717, 1.165) is 22.3 Å². The average molecular weight is 1140 g/mol. The molecule has 0 saturated heterocycles. The molecular weight excluding hydrogens is 1050 g/mol. The van der Waals surface area contributed by atoms with Crippen LogP contribution >= 0.6 is 0 Å². The van der Waals surface area contributed by atoms with Crippen LogP contribution in [0.4, 0.5) is 15.3 Å². The first-order valence-corrected chi connectivity index (χ1v) is 30.7. The van der Waals surface area contributed by atoms with Crippen molar-refractivity contribution in [3.05, 3.63) is 89.0 Å². The number of alkyl carbamates (subject to hydrolysis) is 1. The molecule has 0 aliphatic heterocycles. The monoisotopic (exact) mass is 1140 g/mol. The fourth-order valence-electron chi connectivity index (χ4n) is 8.30. The van der Waals surface area contributed by atoms with Crippen LogP contribution in [0.2, 0.25) is 18.1 Å². The van der Waals surface area contributed by atoms with Gasteiger partial charge in [0.2, 0.25) is 11.8 Å². The van der Waals surface area contributed by atoms with Crippen molar-refractivity contribution in [2.75, 3.05) is 138 Å². The summed E-state index contributed by atoms with van der Waals surface area (Å²) < 4.78 is 55.0. The summed E-state index contributed by atoms with van der Waals surface area (Å²) >= 11 is 0. The molecule has 3 aromatic rings. The van der Waals surface area contributed by atoms with Crippen molar-refractivity contribution < 1.29 is 71.7 Å². The van der Waals surface area contributed by atoms with Crippen molar-refractivity contribution in [3.8, 4) is 23.0 Å². The van der Waals surface area contributed by atoms with E-state index < -0.39 is 49.8 Å². The molecule has 3 atom stereocenters. The van der Waals surface area contributed by atoms with Gasteiger partial charge in [0.15, 0.2) is 0 Å². The minimum absolute atomic E-state index is 0.0581. The highest BCUT2D eigenvalue weighted by Gasteiger charge is 2.43. The number of urea groups is 1. The van der Waals surface area contributed by atoms with Gasteiger partial charge >= 0.3 is 12.1 Å². The molecule has 0 saturated carbocycles. The molecule has 0 fully saturated rings. The first-order valence-electron chi connectivity index (χ1n) is 27.6. The first kappa shape index (κ1) is 67.0. The third-order valence-corrected chi connectivity index (χ3v) is 19.4. The van der Waals surface area contributed by atoms with Crippen LogP contribution < -0.4 is 27.0 Å². The van der Waals surface area contributed by atoms with E-state index in [1.807, 2.05) is 48.5 Å². The van der Waals surface area contributed by atoms with Crippen molar-refractivity contribution >= 4 is 37.7 Å². The Kier molecular flexibility index (Phi) is 30.8. The van der Waals surface area contributed by atoms with Gasteiger partial charge in [0.05, 0.1) is 120 Å². The quantitative estimate of drug-likeness (QED) is 0.0207. The normalized spacial score (nSPS) is 13.4. The summed E-state index contributed by atoms with van der Waals surface area (Å²) in [5, 5.41) is 22.8. The molecule has 21 heteroatoms. The van der Waals surface area contributed by atoms with E-state index in [2.05, 4.69) is 67.0 Å². The fourth-order valence-corrected chi connectivity index (χ4v) is 10.1. The number of rotatable bonds is 39. The number of anilines is 1. The minimum atomic E-state index is -2.37. The van der Waals surface area contributed by atoms with Crippen LogP contribution in [0, 0.1) is 17.8 Å². The maximum absolute atomic E-state index is 14.2. The molecule has 0 aromatic heterocycles. The van der Waals surface area contributed by atoms with Gasteiger partial charge in [-0.2, -0.15) is 0 Å². The number of benzene rings is 3. The first-order chi connectivity index (χ1) is 38.5. The van der Waals surface area contributed by atoms with Crippen molar-refractivity contribution in [1.82, 2.24) is 16.0 Å². The maximum atomic E-state index is 14.2. The SMILES string of the molecule is COCCOCCOCCOCCOCCOCCOCCOCCOCC#Cc1cc(NC(=O)[C@H](CCCNC(N)=O)NC(=O)[C@@H](NC(=O)OCC2c3ccccc3-c3ccccc32)C(C)C)ccc1C(O)[Si](C)(C)C(C)(C)C. The summed E-state index contributed by atoms with van der Waals surface area (Å²) in [6.07, 6.45) is -0.365. The second-order valence-corrected chi connectivity index (χ2v) is 26.5.